The minimum atomic E-state index is 0.285. The predicted molar refractivity (Wildman–Crippen MR) is 112 cm³/mol. The molecule has 140 valence electrons. The maximum Gasteiger partial charge on any atom is 0.0656 e. The van der Waals surface area contributed by atoms with Gasteiger partial charge in [-0.25, -0.2) is 0 Å². The van der Waals surface area contributed by atoms with E-state index in [9.17, 15) is 0 Å². The van der Waals surface area contributed by atoms with Crippen LogP contribution in [0.4, 0.5) is 5.69 Å². The Morgan fingerprint density at radius 3 is 2.19 bits per heavy atom. The van der Waals surface area contributed by atoms with Crippen LogP contribution in [0.2, 0.25) is 0 Å². The third kappa shape index (κ3) is 4.17. The number of anilines is 1. The molecule has 2 aromatic carbocycles. The van der Waals surface area contributed by atoms with Crippen LogP contribution < -0.4 is 4.90 Å². The van der Waals surface area contributed by atoms with Crippen molar-refractivity contribution in [3.8, 4) is 17.2 Å². The lowest BCUT2D eigenvalue weighted by molar-refractivity contribution is 0.127. The smallest absolute Gasteiger partial charge is 0.0656 e. The van der Waals surface area contributed by atoms with Gasteiger partial charge in [-0.15, -0.1) is 0 Å². The summed E-state index contributed by atoms with van der Waals surface area (Å²) in [4.78, 5) is 5.16. The number of nitrogens with zero attached hydrogens (tertiary/aromatic N) is 3. The largest absolute Gasteiger partial charge is 0.371 e. The van der Waals surface area contributed by atoms with Crippen molar-refractivity contribution >= 4 is 5.69 Å². The first-order valence-electron chi connectivity index (χ1n) is 10.3. The highest BCUT2D eigenvalue weighted by molar-refractivity contribution is 5.67. The van der Waals surface area contributed by atoms with Crippen molar-refractivity contribution in [2.45, 2.75) is 38.6 Å². The highest BCUT2D eigenvalue weighted by Crippen LogP contribution is 2.28. The van der Waals surface area contributed by atoms with Gasteiger partial charge in [-0.2, -0.15) is 5.26 Å². The van der Waals surface area contributed by atoms with E-state index in [1.54, 1.807) is 0 Å². The van der Waals surface area contributed by atoms with Crippen molar-refractivity contribution in [1.82, 2.24) is 4.90 Å². The van der Waals surface area contributed by atoms with Crippen LogP contribution in [0.5, 0.6) is 0 Å². The zero-order valence-corrected chi connectivity index (χ0v) is 16.3. The molecule has 0 N–H and O–H groups in total. The molecule has 0 amide bonds. The summed E-state index contributed by atoms with van der Waals surface area (Å²) in [7, 11) is 0. The predicted octanol–water partition coefficient (Wildman–Crippen LogP) is 4.87. The lowest BCUT2D eigenvalue weighted by Crippen LogP contribution is -2.47. The monoisotopic (exact) mass is 359 g/mol. The van der Waals surface area contributed by atoms with Crippen LogP contribution in [0.3, 0.4) is 0 Å². The summed E-state index contributed by atoms with van der Waals surface area (Å²) in [5.74, 6) is 0.285. The van der Waals surface area contributed by atoms with Gasteiger partial charge < -0.3 is 9.80 Å². The lowest BCUT2D eigenvalue weighted by atomic mass is 9.94. The third-order valence-electron chi connectivity index (χ3n) is 6.28. The minimum absolute atomic E-state index is 0.285. The fourth-order valence-corrected chi connectivity index (χ4v) is 4.57. The van der Waals surface area contributed by atoms with Crippen LogP contribution in [0, 0.1) is 24.2 Å². The van der Waals surface area contributed by atoms with Gasteiger partial charge in [0.05, 0.1) is 6.07 Å². The highest BCUT2D eigenvalue weighted by Gasteiger charge is 2.28. The van der Waals surface area contributed by atoms with Crippen molar-refractivity contribution in [3.63, 3.8) is 0 Å². The van der Waals surface area contributed by atoms with Gasteiger partial charge in [-0.3, -0.25) is 0 Å². The van der Waals surface area contributed by atoms with Crippen molar-refractivity contribution in [1.29, 1.82) is 5.26 Å². The fraction of sp³-hybridized carbons (Fsp3) is 0.458. The molecule has 0 aliphatic carbocycles. The van der Waals surface area contributed by atoms with E-state index in [4.69, 9.17) is 5.26 Å². The van der Waals surface area contributed by atoms with Gasteiger partial charge in [0.25, 0.3) is 0 Å². The van der Waals surface area contributed by atoms with Crippen LogP contribution in [-0.4, -0.2) is 37.1 Å². The molecule has 2 aliphatic heterocycles. The molecule has 2 fully saturated rings. The van der Waals surface area contributed by atoms with Gasteiger partial charge in [0.15, 0.2) is 0 Å². The Morgan fingerprint density at radius 2 is 1.56 bits per heavy atom. The van der Waals surface area contributed by atoms with Crippen LogP contribution >= 0.6 is 0 Å². The molecule has 0 aromatic heterocycles. The molecule has 2 saturated heterocycles. The molecular weight excluding hydrogens is 330 g/mol. The summed E-state index contributed by atoms with van der Waals surface area (Å²) in [6, 6.07) is 20.9. The number of rotatable bonds is 3. The summed E-state index contributed by atoms with van der Waals surface area (Å²) in [5, 5.41) is 9.08. The molecule has 0 radical (unpaired) electrons. The van der Waals surface area contributed by atoms with E-state index in [0.717, 1.165) is 39.0 Å². The summed E-state index contributed by atoms with van der Waals surface area (Å²) < 4.78 is 0. The molecule has 2 heterocycles. The lowest BCUT2D eigenvalue weighted by Gasteiger charge is -2.41. The molecule has 2 aliphatic rings. The zero-order chi connectivity index (χ0) is 18.6. The molecule has 3 heteroatoms. The average Bonchev–Trinajstić information content (AvgIpc) is 2.74. The van der Waals surface area contributed by atoms with E-state index in [2.05, 4.69) is 71.3 Å². The van der Waals surface area contributed by atoms with E-state index < -0.39 is 0 Å². The van der Waals surface area contributed by atoms with Gasteiger partial charge in [0, 0.05) is 30.7 Å². The molecule has 2 aromatic rings. The Morgan fingerprint density at radius 1 is 0.852 bits per heavy atom. The second-order valence-corrected chi connectivity index (χ2v) is 8.07. The maximum absolute atomic E-state index is 9.08. The van der Waals surface area contributed by atoms with Crippen LogP contribution in [-0.2, 0) is 0 Å². The van der Waals surface area contributed by atoms with Crippen molar-refractivity contribution in [3.05, 3.63) is 54.1 Å². The number of hydrogen-bond donors (Lipinski definition) is 0. The molecular formula is C24H29N3. The summed E-state index contributed by atoms with van der Waals surface area (Å²) >= 11 is 0. The maximum atomic E-state index is 9.08. The molecule has 0 unspecified atom stereocenters. The molecule has 4 rings (SSSR count). The normalized spacial score (nSPS) is 19.8. The van der Waals surface area contributed by atoms with Gasteiger partial charge in [0.2, 0.25) is 0 Å². The second-order valence-electron chi connectivity index (χ2n) is 8.07. The third-order valence-corrected chi connectivity index (χ3v) is 6.28. The molecule has 0 saturated carbocycles. The fourth-order valence-electron chi connectivity index (χ4n) is 4.57. The Labute approximate surface area is 163 Å². The van der Waals surface area contributed by atoms with Gasteiger partial charge in [-0.1, -0.05) is 42.0 Å². The van der Waals surface area contributed by atoms with Gasteiger partial charge in [-0.05, 0) is 69.0 Å². The van der Waals surface area contributed by atoms with Crippen LogP contribution in [0.25, 0.3) is 11.1 Å². The van der Waals surface area contributed by atoms with E-state index in [-0.39, 0.29) is 5.92 Å². The van der Waals surface area contributed by atoms with Crippen LogP contribution in [0.15, 0.2) is 48.5 Å². The van der Waals surface area contributed by atoms with E-state index in [1.807, 2.05) is 0 Å². The number of likely N-dealkylation sites (tertiary alicyclic amines) is 1. The van der Waals surface area contributed by atoms with E-state index >= 15 is 0 Å². The average molecular weight is 360 g/mol. The van der Waals surface area contributed by atoms with Gasteiger partial charge >= 0.3 is 0 Å². The minimum Gasteiger partial charge on any atom is -0.371 e. The second kappa shape index (κ2) is 8.15. The Bertz CT molecular complexity index is 789. The Balaban J connectivity index is 1.34. The summed E-state index contributed by atoms with van der Waals surface area (Å²) in [6.45, 7) is 6.62. The summed E-state index contributed by atoms with van der Waals surface area (Å²) in [6.07, 6.45) is 4.57. The van der Waals surface area contributed by atoms with Crippen molar-refractivity contribution < 1.29 is 0 Å². The van der Waals surface area contributed by atoms with E-state index in [0.29, 0.717) is 6.04 Å². The quantitative estimate of drug-likeness (QED) is 0.783. The molecule has 27 heavy (non-hydrogen) atoms. The first-order valence-corrected chi connectivity index (χ1v) is 10.3. The number of hydrogen-bond acceptors (Lipinski definition) is 3. The summed E-state index contributed by atoms with van der Waals surface area (Å²) in [5.41, 5.74) is 5.23. The number of piperidine rings is 2. The molecule has 0 spiro atoms. The number of benzene rings is 2. The van der Waals surface area contributed by atoms with Gasteiger partial charge in [0.1, 0.15) is 0 Å². The standard InChI is InChI=1S/C24H29N3/c1-19-3-2-4-22(17-19)21-5-7-23(8-6-21)27-15-11-24(12-16-27)26-13-9-20(18-25)10-14-26/h2-8,17,20,24H,9-16H2,1H3. The number of nitriles is 1. The molecule has 0 bridgehead atoms. The highest BCUT2D eigenvalue weighted by atomic mass is 15.2. The SMILES string of the molecule is Cc1cccc(-c2ccc(N3CCC(N4CCC(C#N)CC4)CC3)cc2)c1. The number of aryl methyl sites for hydroxylation is 1. The Hall–Kier alpha value is -2.31. The molecule has 3 nitrogen and oxygen atoms in total. The van der Waals surface area contributed by atoms with Crippen LogP contribution in [0.1, 0.15) is 31.2 Å². The first kappa shape index (κ1) is 18.1. The van der Waals surface area contributed by atoms with E-state index in [1.165, 1.54) is 35.2 Å². The zero-order valence-electron chi connectivity index (χ0n) is 16.3. The Kier molecular flexibility index (Phi) is 5.45. The van der Waals surface area contributed by atoms with Crippen molar-refractivity contribution in [2.24, 2.45) is 5.92 Å². The topological polar surface area (TPSA) is 30.3 Å². The first-order chi connectivity index (χ1) is 13.2. The van der Waals surface area contributed by atoms with Crippen molar-refractivity contribution in [2.75, 3.05) is 31.1 Å². The molecule has 0 atom stereocenters.